The zero-order valence-electron chi connectivity index (χ0n) is 12.1. The molecule has 3 nitrogen and oxygen atoms in total. The fraction of sp³-hybridized carbons (Fsp3) is 0.0588. The molecule has 23 heavy (non-hydrogen) atoms. The standard InChI is InChI=1S/C17H12Cl2N2OS/c1-10-2-7-13-14(8-10)23-16(15(13)19)17(22)21-20-9-11-3-5-12(18)6-4-11/h2-9H,1H3,(H,21,22)/b20-9+. The summed E-state index contributed by atoms with van der Waals surface area (Å²) in [4.78, 5) is 12.7. The number of amides is 1. The van der Waals surface area contributed by atoms with Gasteiger partial charge in [0.05, 0.1) is 11.2 Å². The van der Waals surface area contributed by atoms with Gasteiger partial charge in [-0.2, -0.15) is 5.10 Å². The SMILES string of the molecule is Cc1ccc2c(Cl)c(C(=O)N/N=C/c3ccc(Cl)cc3)sc2c1. The van der Waals surface area contributed by atoms with E-state index in [4.69, 9.17) is 23.2 Å². The zero-order chi connectivity index (χ0) is 16.4. The van der Waals surface area contributed by atoms with Gasteiger partial charge in [-0.15, -0.1) is 11.3 Å². The molecule has 0 bridgehead atoms. The van der Waals surface area contributed by atoms with Gasteiger partial charge in [-0.1, -0.05) is 47.5 Å². The second-order valence-electron chi connectivity index (χ2n) is 5.00. The van der Waals surface area contributed by atoms with Crippen molar-refractivity contribution in [1.82, 2.24) is 5.43 Å². The maximum absolute atomic E-state index is 12.2. The lowest BCUT2D eigenvalue weighted by Crippen LogP contribution is -2.16. The van der Waals surface area contributed by atoms with Crippen LogP contribution in [0.3, 0.4) is 0 Å². The van der Waals surface area contributed by atoms with Gasteiger partial charge in [-0.05, 0) is 36.2 Å². The number of hydrazone groups is 1. The fourth-order valence-electron chi connectivity index (χ4n) is 2.08. The average Bonchev–Trinajstić information content (AvgIpc) is 2.85. The lowest BCUT2D eigenvalue weighted by atomic mass is 10.2. The molecule has 1 heterocycles. The first-order valence-corrected chi connectivity index (χ1v) is 8.39. The number of carbonyl (C=O) groups excluding carboxylic acids is 1. The van der Waals surface area contributed by atoms with E-state index in [-0.39, 0.29) is 5.91 Å². The Kier molecular flexibility index (Phi) is 4.66. The minimum atomic E-state index is -0.320. The third kappa shape index (κ3) is 3.55. The van der Waals surface area contributed by atoms with Crippen LogP contribution in [0, 0.1) is 6.92 Å². The van der Waals surface area contributed by atoms with Crippen molar-refractivity contribution >= 4 is 56.7 Å². The third-order valence-corrected chi connectivity index (χ3v) is 5.15. The third-order valence-electron chi connectivity index (χ3n) is 3.24. The highest BCUT2D eigenvalue weighted by atomic mass is 35.5. The zero-order valence-corrected chi connectivity index (χ0v) is 14.5. The smallest absolute Gasteiger partial charge is 0.266 e. The van der Waals surface area contributed by atoms with Crippen LogP contribution >= 0.6 is 34.5 Å². The first-order chi connectivity index (χ1) is 11.0. The van der Waals surface area contributed by atoms with Crippen molar-refractivity contribution in [2.24, 2.45) is 5.10 Å². The maximum Gasteiger partial charge on any atom is 0.283 e. The fourth-order valence-corrected chi connectivity index (χ4v) is 3.71. The Morgan fingerprint density at radius 3 is 2.65 bits per heavy atom. The molecule has 0 aliphatic rings. The van der Waals surface area contributed by atoms with E-state index in [9.17, 15) is 4.79 Å². The molecule has 0 radical (unpaired) electrons. The summed E-state index contributed by atoms with van der Waals surface area (Å²) in [6, 6.07) is 13.1. The average molecular weight is 363 g/mol. The topological polar surface area (TPSA) is 41.5 Å². The second-order valence-corrected chi connectivity index (χ2v) is 6.86. The molecule has 0 atom stereocenters. The van der Waals surface area contributed by atoms with Crippen LogP contribution in [0.5, 0.6) is 0 Å². The summed E-state index contributed by atoms with van der Waals surface area (Å²) in [5, 5.41) is 5.95. The molecule has 1 N–H and O–H groups in total. The van der Waals surface area contributed by atoms with Gasteiger partial charge in [-0.3, -0.25) is 4.79 Å². The highest BCUT2D eigenvalue weighted by Crippen LogP contribution is 2.35. The van der Waals surface area contributed by atoms with Gasteiger partial charge in [0, 0.05) is 15.1 Å². The van der Waals surface area contributed by atoms with Gasteiger partial charge in [0.1, 0.15) is 4.88 Å². The first kappa shape index (κ1) is 16.0. The molecule has 0 saturated carbocycles. The molecule has 0 saturated heterocycles. The van der Waals surface area contributed by atoms with Crippen molar-refractivity contribution in [2.75, 3.05) is 0 Å². The normalized spacial score (nSPS) is 11.3. The highest BCUT2D eigenvalue weighted by Gasteiger charge is 2.16. The summed E-state index contributed by atoms with van der Waals surface area (Å²) in [5.74, 6) is -0.320. The van der Waals surface area contributed by atoms with Crippen molar-refractivity contribution in [1.29, 1.82) is 0 Å². The predicted molar refractivity (Wildman–Crippen MR) is 98.1 cm³/mol. The molecule has 2 aromatic carbocycles. The van der Waals surface area contributed by atoms with E-state index in [1.54, 1.807) is 18.3 Å². The molecule has 0 unspecified atom stereocenters. The summed E-state index contributed by atoms with van der Waals surface area (Å²) >= 11 is 13.5. The Hall–Kier alpha value is -1.88. The van der Waals surface area contributed by atoms with E-state index >= 15 is 0 Å². The molecule has 0 spiro atoms. The van der Waals surface area contributed by atoms with Crippen LogP contribution < -0.4 is 5.43 Å². The lowest BCUT2D eigenvalue weighted by molar-refractivity contribution is 0.0959. The molecule has 3 aromatic rings. The van der Waals surface area contributed by atoms with Crippen LogP contribution in [0.4, 0.5) is 0 Å². The van der Waals surface area contributed by atoms with Gasteiger partial charge < -0.3 is 0 Å². The van der Waals surface area contributed by atoms with Crippen LogP contribution in [0.25, 0.3) is 10.1 Å². The Balaban J connectivity index is 1.78. The van der Waals surface area contributed by atoms with E-state index < -0.39 is 0 Å². The summed E-state index contributed by atoms with van der Waals surface area (Å²) in [6.07, 6.45) is 1.56. The van der Waals surface area contributed by atoms with Crippen LogP contribution in [-0.2, 0) is 0 Å². The molecular formula is C17H12Cl2N2OS. The van der Waals surface area contributed by atoms with Crippen molar-refractivity contribution in [3.8, 4) is 0 Å². The van der Waals surface area contributed by atoms with E-state index in [1.807, 2.05) is 37.3 Å². The number of hydrogen-bond acceptors (Lipinski definition) is 3. The number of carbonyl (C=O) groups is 1. The van der Waals surface area contributed by atoms with Crippen LogP contribution in [0.2, 0.25) is 10.0 Å². The number of rotatable bonds is 3. The van der Waals surface area contributed by atoms with E-state index in [2.05, 4.69) is 10.5 Å². The van der Waals surface area contributed by atoms with Gasteiger partial charge in [0.15, 0.2) is 0 Å². The van der Waals surface area contributed by atoms with Gasteiger partial charge in [0.2, 0.25) is 0 Å². The number of hydrogen-bond donors (Lipinski definition) is 1. The van der Waals surface area contributed by atoms with Crippen molar-refractivity contribution in [3.05, 3.63) is 68.5 Å². The van der Waals surface area contributed by atoms with E-state index in [0.29, 0.717) is 14.9 Å². The largest absolute Gasteiger partial charge is 0.283 e. The number of benzene rings is 2. The molecule has 1 aromatic heterocycles. The predicted octanol–water partition coefficient (Wildman–Crippen LogP) is 5.28. The number of nitrogens with one attached hydrogen (secondary N) is 1. The molecule has 0 aliphatic carbocycles. The Morgan fingerprint density at radius 1 is 1.17 bits per heavy atom. The maximum atomic E-state index is 12.2. The number of aryl methyl sites for hydroxylation is 1. The minimum absolute atomic E-state index is 0.320. The van der Waals surface area contributed by atoms with Crippen LogP contribution in [0.15, 0.2) is 47.6 Å². The van der Waals surface area contributed by atoms with Crippen LogP contribution in [-0.4, -0.2) is 12.1 Å². The summed E-state index contributed by atoms with van der Waals surface area (Å²) in [7, 11) is 0. The molecule has 0 aliphatic heterocycles. The molecule has 6 heteroatoms. The Labute approximate surface area is 147 Å². The highest BCUT2D eigenvalue weighted by molar-refractivity contribution is 7.21. The summed E-state index contributed by atoms with van der Waals surface area (Å²) in [5.41, 5.74) is 4.47. The molecule has 116 valence electrons. The molecule has 1 amide bonds. The number of fused-ring (bicyclic) bond motifs is 1. The number of nitrogens with zero attached hydrogens (tertiary/aromatic N) is 1. The van der Waals surface area contributed by atoms with Crippen LogP contribution in [0.1, 0.15) is 20.8 Å². The monoisotopic (exact) mass is 362 g/mol. The number of halogens is 2. The molecule has 0 fully saturated rings. The molecular weight excluding hydrogens is 351 g/mol. The van der Waals surface area contributed by atoms with Crippen molar-refractivity contribution < 1.29 is 4.79 Å². The second kappa shape index (κ2) is 6.71. The van der Waals surface area contributed by atoms with E-state index in [1.165, 1.54) is 11.3 Å². The summed E-state index contributed by atoms with van der Waals surface area (Å²) in [6.45, 7) is 2.00. The molecule has 3 rings (SSSR count). The van der Waals surface area contributed by atoms with Gasteiger partial charge in [0.25, 0.3) is 5.91 Å². The first-order valence-electron chi connectivity index (χ1n) is 6.82. The van der Waals surface area contributed by atoms with Crippen molar-refractivity contribution in [2.45, 2.75) is 6.92 Å². The summed E-state index contributed by atoms with van der Waals surface area (Å²) < 4.78 is 0.988. The van der Waals surface area contributed by atoms with Gasteiger partial charge >= 0.3 is 0 Å². The minimum Gasteiger partial charge on any atom is -0.266 e. The quantitative estimate of drug-likeness (QED) is 0.499. The van der Waals surface area contributed by atoms with Gasteiger partial charge in [-0.25, -0.2) is 5.43 Å². The Morgan fingerprint density at radius 2 is 1.91 bits per heavy atom. The van der Waals surface area contributed by atoms with Crippen molar-refractivity contribution in [3.63, 3.8) is 0 Å². The number of thiophene rings is 1. The lowest BCUT2D eigenvalue weighted by Gasteiger charge is -1.97. The van der Waals surface area contributed by atoms with E-state index in [0.717, 1.165) is 21.2 Å². The Bertz CT molecular complexity index is 901.